The van der Waals surface area contributed by atoms with Crippen molar-refractivity contribution in [3.63, 3.8) is 0 Å². The molecule has 0 radical (unpaired) electrons. The second-order valence-electron chi connectivity index (χ2n) is 14.8. The zero-order valence-electron chi connectivity index (χ0n) is 29.2. The Morgan fingerprint density at radius 2 is 1.68 bits per heavy atom. The molecule has 4 heterocycles. The van der Waals surface area contributed by atoms with Crippen LogP contribution in [-0.4, -0.2) is 95.7 Å². The molecule has 0 spiro atoms. The van der Waals surface area contributed by atoms with Gasteiger partial charge in [-0.2, -0.15) is 8.78 Å². The van der Waals surface area contributed by atoms with E-state index in [2.05, 4.69) is 20.3 Å². The first-order valence-corrected chi connectivity index (χ1v) is 20.0. The average molecular weight is 759 g/mol. The van der Waals surface area contributed by atoms with E-state index in [0.29, 0.717) is 54.9 Å². The summed E-state index contributed by atoms with van der Waals surface area (Å²) in [6.45, 7) is -1.50. The van der Waals surface area contributed by atoms with Gasteiger partial charge in [-0.3, -0.25) is 19.1 Å². The number of sulfonamides is 1. The Bertz CT molecular complexity index is 1910. The Labute approximate surface area is 305 Å². The van der Waals surface area contributed by atoms with E-state index in [1.165, 1.54) is 11.0 Å². The number of nitrogens with zero attached hydrogens (tertiary/aromatic N) is 3. The molecule has 14 nitrogen and oxygen atoms in total. The van der Waals surface area contributed by atoms with Crippen LogP contribution in [0.2, 0.25) is 0 Å². The molecule has 1 aromatic carbocycles. The number of aryl methyl sites for hydroxylation is 1. The third kappa shape index (κ3) is 8.39. The molecule has 53 heavy (non-hydrogen) atoms. The highest BCUT2D eigenvalue weighted by atomic mass is 32.2. The number of benzene rings is 1. The third-order valence-electron chi connectivity index (χ3n) is 10.8. The summed E-state index contributed by atoms with van der Waals surface area (Å²) in [6.07, 6.45) is 5.55. The van der Waals surface area contributed by atoms with Crippen LogP contribution in [0.15, 0.2) is 36.4 Å². The maximum atomic E-state index is 14.7. The van der Waals surface area contributed by atoms with Gasteiger partial charge in [0.15, 0.2) is 6.61 Å². The number of aromatic nitrogens is 2. The van der Waals surface area contributed by atoms with E-state index in [-0.39, 0.29) is 50.6 Å². The average Bonchev–Trinajstić information content (AvgIpc) is 4.04. The van der Waals surface area contributed by atoms with Crippen LogP contribution < -0.4 is 20.1 Å². The summed E-state index contributed by atoms with van der Waals surface area (Å²) in [5.41, 5.74) is -0.0654. The normalized spacial score (nSPS) is 30.5. The van der Waals surface area contributed by atoms with Crippen molar-refractivity contribution < 1.29 is 45.9 Å². The summed E-state index contributed by atoms with van der Waals surface area (Å²) >= 11 is 0. The van der Waals surface area contributed by atoms with Crippen LogP contribution >= 0.6 is 0 Å². The SMILES string of the molecule is O=C1N[C@H]2CCCCCCC[C@@H]3C[C@]3(C(=O)NS(=O)(=O)C3CC3)NC(=O)C3CN(C[C@@H]3Oc3nc4ccccc4nc3CC/C=C/C(F)(F)CO1)C2=O. The number of hydrogen-bond acceptors (Lipinski definition) is 10. The van der Waals surface area contributed by atoms with Crippen LogP contribution in [0.1, 0.15) is 76.3 Å². The molecule has 3 N–H and O–H groups in total. The van der Waals surface area contributed by atoms with Crippen LogP contribution in [0, 0.1) is 11.8 Å². The van der Waals surface area contributed by atoms with E-state index in [1.807, 2.05) is 0 Å². The zero-order valence-corrected chi connectivity index (χ0v) is 30.0. The fourth-order valence-electron chi connectivity index (χ4n) is 7.52. The van der Waals surface area contributed by atoms with Crippen molar-refractivity contribution in [3.8, 4) is 5.88 Å². The molecule has 2 saturated heterocycles. The fraction of sp³-hybridized carbons (Fsp3) is 0.611. The summed E-state index contributed by atoms with van der Waals surface area (Å²) in [7, 11) is -3.89. The van der Waals surface area contributed by atoms with Crippen LogP contribution in [0.4, 0.5) is 13.6 Å². The van der Waals surface area contributed by atoms with E-state index in [4.69, 9.17) is 14.5 Å². The lowest BCUT2D eigenvalue weighted by atomic mass is 10.0. The molecule has 4 amide bonds. The van der Waals surface area contributed by atoms with Crippen LogP contribution in [0.5, 0.6) is 5.88 Å². The van der Waals surface area contributed by atoms with Crippen LogP contribution in [-0.2, 0) is 35.6 Å². The van der Waals surface area contributed by atoms with Crippen LogP contribution in [0.3, 0.4) is 0 Å². The largest absolute Gasteiger partial charge is 0.470 e. The number of fused-ring (bicyclic) bond motifs is 7. The molecule has 2 aliphatic carbocycles. The molecule has 1 aromatic heterocycles. The number of rotatable bonds is 3. The molecule has 1 unspecified atom stereocenters. The Balaban J connectivity index is 1.24. The summed E-state index contributed by atoms with van der Waals surface area (Å²) in [4.78, 5) is 65.7. The van der Waals surface area contributed by atoms with Gasteiger partial charge in [0.2, 0.25) is 27.7 Å². The van der Waals surface area contributed by atoms with Crippen molar-refractivity contribution in [2.75, 3.05) is 19.7 Å². The molecule has 2 saturated carbocycles. The summed E-state index contributed by atoms with van der Waals surface area (Å²) in [5, 5.41) is 4.75. The number of hydrogen-bond donors (Lipinski definition) is 3. The lowest BCUT2D eigenvalue weighted by Gasteiger charge is -2.25. The van der Waals surface area contributed by atoms with Gasteiger partial charge in [-0.1, -0.05) is 50.3 Å². The first kappa shape index (κ1) is 36.9. The number of allylic oxidation sites excluding steroid dienone is 1. The van der Waals surface area contributed by atoms with Crippen molar-refractivity contribution in [1.82, 2.24) is 30.2 Å². The molecule has 2 aromatic rings. The number of carbonyl (C=O) groups is 4. The summed E-state index contributed by atoms with van der Waals surface area (Å²) in [6, 6.07) is 5.90. The predicted molar refractivity (Wildman–Crippen MR) is 186 cm³/mol. The smallest absolute Gasteiger partial charge is 0.408 e. The minimum Gasteiger partial charge on any atom is -0.470 e. The Morgan fingerprint density at radius 1 is 0.962 bits per heavy atom. The van der Waals surface area contributed by atoms with Gasteiger partial charge in [0, 0.05) is 6.54 Å². The quantitative estimate of drug-likeness (QED) is 0.393. The standard InChI is InChI=1S/C36H44F2N6O8S/c37-35(38)17-9-8-13-27-31(40-26-12-7-6-11-25(26)39-27)52-29-20-44-19-24(29)30(45)42-36(33(47)43-53(49,50)23-15-16-23)18-22(36)10-4-2-1-3-5-14-28(32(44)46)41-34(48)51-21-35/h6-7,9,11-12,17,22-24,28-29H,1-5,8,10,13-16,18-21H2,(H,41,48)(H,42,45)(H,43,47)/b17-9+/t22-,24?,28+,29+,36+/m1/s1. The highest BCUT2D eigenvalue weighted by molar-refractivity contribution is 7.91. The number of nitrogens with one attached hydrogen (secondary N) is 3. The van der Waals surface area contributed by atoms with E-state index in [9.17, 15) is 36.4 Å². The fourth-order valence-corrected chi connectivity index (χ4v) is 8.89. The number of alkyl carbamates (subject to hydrolysis) is 1. The van der Waals surface area contributed by atoms with E-state index >= 15 is 0 Å². The van der Waals surface area contributed by atoms with Crippen molar-refractivity contribution in [3.05, 3.63) is 42.1 Å². The predicted octanol–water partition coefficient (Wildman–Crippen LogP) is 3.30. The minimum absolute atomic E-state index is 0.0663. The second-order valence-corrected chi connectivity index (χ2v) is 16.8. The number of amides is 4. The van der Waals surface area contributed by atoms with Crippen LogP contribution in [0.25, 0.3) is 11.0 Å². The Hall–Kier alpha value is -4.41. The topological polar surface area (TPSA) is 186 Å². The maximum Gasteiger partial charge on any atom is 0.408 e. The summed E-state index contributed by atoms with van der Waals surface area (Å²) < 4.78 is 68.6. The maximum absolute atomic E-state index is 14.7. The molecular weight excluding hydrogens is 714 g/mol. The van der Waals surface area contributed by atoms with E-state index in [1.54, 1.807) is 24.3 Å². The first-order valence-electron chi connectivity index (χ1n) is 18.4. The van der Waals surface area contributed by atoms with E-state index in [0.717, 1.165) is 19.3 Å². The van der Waals surface area contributed by atoms with Gasteiger partial charge in [-0.15, -0.1) is 0 Å². The Kier molecular flexibility index (Phi) is 10.3. The number of alkyl halides is 2. The van der Waals surface area contributed by atoms with Gasteiger partial charge in [-0.05, 0) is 69.1 Å². The highest BCUT2D eigenvalue weighted by Gasteiger charge is 2.62. The number of carbonyl (C=O) groups excluding carboxylic acids is 4. The second kappa shape index (κ2) is 14.8. The number of halogens is 2. The molecule has 5 atom stereocenters. The molecular formula is C36H44F2N6O8S. The van der Waals surface area contributed by atoms with Crippen molar-refractivity contribution in [2.24, 2.45) is 11.8 Å². The molecule has 17 heteroatoms. The number of ether oxygens (including phenoxy) is 2. The first-order chi connectivity index (χ1) is 25.3. The van der Waals surface area contributed by atoms with E-state index < -0.39 is 75.2 Å². The minimum atomic E-state index is -3.89. The monoisotopic (exact) mass is 758 g/mol. The lowest BCUT2D eigenvalue weighted by Crippen LogP contribution is -2.55. The Morgan fingerprint density at radius 3 is 2.43 bits per heavy atom. The molecule has 286 valence electrons. The zero-order chi connectivity index (χ0) is 37.4. The van der Waals surface area contributed by atoms with Gasteiger partial charge in [0.05, 0.1) is 28.7 Å². The highest BCUT2D eigenvalue weighted by Crippen LogP contribution is 2.48. The molecule has 4 fully saturated rings. The van der Waals surface area contributed by atoms with Gasteiger partial charge in [-0.25, -0.2) is 23.2 Å². The lowest BCUT2D eigenvalue weighted by molar-refractivity contribution is -0.134. The third-order valence-corrected chi connectivity index (χ3v) is 12.6. The van der Waals surface area contributed by atoms with Crippen molar-refractivity contribution in [1.29, 1.82) is 0 Å². The number of cyclic esters (lactones) is 1. The molecule has 3 aliphatic heterocycles. The summed E-state index contributed by atoms with van der Waals surface area (Å²) in [5.74, 6) is -6.63. The molecule has 4 bridgehead atoms. The van der Waals surface area contributed by atoms with Gasteiger partial charge in [0.1, 0.15) is 23.4 Å². The number of para-hydroxylation sites is 2. The van der Waals surface area contributed by atoms with Gasteiger partial charge in [0.25, 0.3) is 11.8 Å². The van der Waals surface area contributed by atoms with Gasteiger partial charge >= 0.3 is 6.09 Å². The molecule has 7 rings (SSSR count). The van der Waals surface area contributed by atoms with Crippen molar-refractivity contribution in [2.45, 2.75) is 106 Å². The molecule has 5 aliphatic rings. The van der Waals surface area contributed by atoms with Gasteiger partial charge < -0.3 is 25.0 Å². The van der Waals surface area contributed by atoms with Crippen molar-refractivity contribution >= 4 is 44.9 Å².